The number of carbonyl (C=O) groups is 3. The average molecular weight is 557 g/mol. The molecule has 1 unspecified atom stereocenters. The maximum Gasteiger partial charge on any atom is 0.296 e. The smallest absolute Gasteiger partial charge is 0.296 e. The first-order valence-corrected chi connectivity index (χ1v) is 13.5. The molecule has 2 atom stereocenters. The molecule has 3 amide bonds. The van der Waals surface area contributed by atoms with Crippen LogP contribution in [-0.4, -0.2) is 80.5 Å². The van der Waals surface area contributed by atoms with E-state index in [2.05, 4.69) is 0 Å². The maximum atomic E-state index is 13.9. The van der Waals surface area contributed by atoms with Crippen LogP contribution in [0.5, 0.6) is 5.75 Å². The molecule has 3 fully saturated rings. The molecule has 1 aromatic heterocycles. The Morgan fingerprint density at radius 3 is 2.64 bits per heavy atom. The zero-order valence-corrected chi connectivity index (χ0v) is 21.7. The van der Waals surface area contributed by atoms with Gasteiger partial charge in [0, 0.05) is 25.2 Å². The van der Waals surface area contributed by atoms with Crippen molar-refractivity contribution in [1.29, 1.82) is 0 Å². The molecule has 1 saturated carbocycles. The van der Waals surface area contributed by atoms with Crippen molar-refractivity contribution >= 4 is 29.3 Å². The molecule has 0 radical (unpaired) electrons. The normalized spacial score (nSPS) is 24.4. The summed E-state index contributed by atoms with van der Waals surface area (Å²) in [6.45, 7) is 1.12. The van der Waals surface area contributed by atoms with Gasteiger partial charge in [-0.2, -0.15) is 0 Å². The number of rotatable bonds is 4. The van der Waals surface area contributed by atoms with Crippen LogP contribution in [0.15, 0.2) is 23.0 Å². The third-order valence-corrected chi connectivity index (χ3v) is 9.27. The number of fused-ring (bicyclic) bond motifs is 6. The second-order valence-corrected chi connectivity index (χ2v) is 11.4. The van der Waals surface area contributed by atoms with E-state index in [0.29, 0.717) is 37.1 Å². The van der Waals surface area contributed by atoms with Crippen LogP contribution < -0.4 is 5.56 Å². The van der Waals surface area contributed by atoms with Crippen LogP contribution in [-0.2, 0) is 28.2 Å². The van der Waals surface area contributed by atoms with E-state index in [4.69, 9.17) is 16.3 Å². The van der Waals surface area contributed by atoms with Crippen molar-refractivity contribution in [2.24, 2.45) is 0 Å². The zero-order chi connectivity index (χ0) is 27.2. The number of carbonyl (C=O) groups excluding carboxylic acids is 3. The Morgan fingerprint density at radius 1 is 1.21 bits per heavy atom. The lowest BCUT2D eigenvalue weighted by molar-refractivity contribution is -0.139. The van der Waals surface area contributed by atoms with Crippen LogP contribution in [0, 0.1) is 5.82 Å². The topological polar surface area (TPSA) is 112 Å². The quantitative estimate of drug-likeness (QED) is 0.615. The maximum absolute atomic E-state index is 13.9. The minimum absolute atomic E-state index is 0.000888. The number of aromatic hydroxyl groups is 1. The first-order chi connectivity index (χ1) is 18.7. The van der Waals surface area contributed by atoms with Gasteiger partial charge in [0.2, 0.25) is 5.91 Å². The number of aromatic nitrogens is 1. The van der Waals surface area contributed by atoms with Crippen LogP contribution in [0.25, 0.3) is 0 Å². The molecule has 2 aromatic rings. The second kappa shape index (κ2) is 8.53. The Morgan fingerprint density at radius 2 is 2.00 bits per heavy atom. The van der Waals surface area contributed by atoms with E-state index >= 15 is 0 Å². The molecular formula is C27H26ClFN4O6. The summed E-state index contributed by atoms with van der Waals surface area (Å²) in [5, 5.41) is 10.9. The average Bonchev–Trinajstić information content (AvgIpc) is 3.59. The van der Waals surface area contributed by atoms with Gasteiger partial charge in [-0.15, -0.1) is 0 Å². The molecule has 1 aliphatic carbocycles. The summed E-state index contributed by atoms with van der Waals surface area (Å²) >= 11 is 5.89. The van der Waals surface area contributed by atoms with E-state index in [1.54, 1.807) is 4.90 Å². The van der Waals surface area contributed by atoms with Crippen molar-refractivity contribution in [1.82, 2.24) is 19.3 Å². The van der Waals surface area contributed by atoms with Crippen molar-refractivity contribution < 1.29 is 28.6 Å². The molecule has 7 rings (SSSR count). The zero-order valence-electron chi connectivity index (χ0n) is 21.0. The SMILES string of the molecule is O=C1c2c(c3n(c(=O)c2O)C2(CCC2)N(CC(=O)N2C[C@@H]4CC2CO4)C3=O)CCN1Cc1ccc(F)c(Cl)c1. The van der Waals surface area contributed by atoms with E-state index in [1.165, 1.54) is 32.6 Å². The predicted molar refractivity (Wildman–Crippen MR) is 135 cm³/mol. The van der Waals surface area contributed by atoms with Gasteiger partial charge in [-0.05, 0) is 49.8 Å². The van der Waals surface area contributed by atoms with E-state index in [0.717, 1.165) is 12.8 Å². The molecule has 12 heteroatoms. The van der Waals surface area contributed by atoms with Crippen molar-refractivity contribution in [2.75, 3.05) is 26.2 Å². The molecule has 5 heterocycles. The molecule has 1 spiro atoms. The Bertz CT molecular complexity index is 1520. The molecule has 1 aromatic carbocycles. The van der Waals surface area contributed by atoms with Crippen LogP contribution >= 0.6 is 11.6 Å². The number of likely N-dealkylation sites (tertiary alicyclic amines) is 1. The fraction of sp³-hybridized carbons (Fsp3) is 0.481. The number of benzene rings is 1. The predicted octanol–water partition coefficient (Wildman–Crippen LogP) is 1.84. The van der Waals surface area contributed by atoms with Gasteiger partial charge < -0.3 is 24.5 Å². The van der Waals surface area contributed by atoms with Gasteiger partial charge in [-0.1, -0.05) is 17.7 Å². The Balaban J connectivity index is 1.23. The largest absolute Gasteiger partial charge is 0.502 e. The highest BCUT2D eigenvalue weighted by Crippen LogP contribution is 2.49. The lowest BCUT2D eigenvalue weighted by Crippen LogP contribution is -2.57. The van der Waals surface area contributed by atoms with Crippen molar-refractivity contribution in [3.8, 4) is 5.75 Å². The van der Waals surface area contributed by atoms with Gasteiger partial charge in [0.05, 0.1) is 29.3 Å². The summed E-state index contributed by atoms with van der Waals surface area (Å²) in [5.41, 5.74) is -1.01. The number of ether oxygens (including phenoxy) is 1. The van der Waals surface area contributed by atoms with Crippen LogP contribution in [0.4, 0.5) is 4.39 Å². The third kappa shape index (κ3) is 3.42. The highest BCUT2D eigenvalue weighted by molar-refractivity contribution is 6.30. The number of hydrogen-bond donors (Lipinski definition) is 1. The molecule has 4 aliphatic heterocycles. The number of amides is 3. The Labute approximate surface area is 227 Å². The van der Waals surface area contributed by atoms with Gasteiger partial charge in [0.25, 0.3) is 17.4 Å². The summed E-state index contributed by atoms with van der Waals surface area (Å²) in [5.74, 6) is -2.52. The number of morpholine rings is 1. The van der Waals surface area contributed by atoms with Crippen molar-refractivity contribution in [3.05, 3.63) is 61.8 Å². The summed E-state index contributed by atoms with van der Waals surface area (Å²) < 4.78 is 20.5. The molecule has 39 heavy (non-hydrogen) atoms. The fourth-order valence-corrected chi connectivity index (χ4v) is 7.10. The fourth-order valence-electron chi connectivity index (χ4n) is 6.90. The standard InChI is InChI=1S/C27H26ClFN4O6/c28-18-8-14(2-3-19(18)29)10-30-7-4-17-21(24(30)36)23(35)26(38)33-22(17)25(37)32(27(33)5-1-6-27)12-20(34)31-11-16-9-15(31)13-39-16/h2-3,8,15-16,35H,1,4-7,9-13H2/t15?,16-/m0/s1. The number of halogens is 2. The first-order valence-electron chi connectivity index (χ1n) is 13.2. The first kappa shape index (κ1) is 24.6. The second-order valence-electron chi connectivity index (χ2n) is 11.0. The van der Waals surface area contributed by atoms with Gasteiger partial charge in [-0.25, -0.2) is 4.39 Å². The van der Waals surface area contributed by atoms with Crippen LogP contribution in [0.3, 0.4) is 0 Å². The minimum Gasteiger partial charge on any atom is -0.502 e. The molecular weight excluding hydrogens is 531 g/mol. The molecule has 1 N–H and O–H groups in total. The number of pyridine rings is 1. The van der Waals surface area contributed by atoms with Crippen molar-refractivity contribution in [2.45, 2.75) is 56.5 Å². The Hall–Kier alpha value is -3.44. The van der Waals surface area contributed by atoms with Crippen molar-refractivity contribution in [3.63, 3.8) is 0 Å². The monoisotopic (exact) mass is 556 g/mol. The van der Waals surface area contributed by atoms with E-state index in [9.17, 15) is 28.7 Å². The molecule has 204 valence electrons. The minimum atomic E-state index is -1.02. The van der Waals surface area contributed by atoms with Gasteiger partial charge in [-0.3, -0.25) is 23.7 Å². The van der Waals surface area contributed by atoms with E-state index in [1.807, 2.05) is 0 Å². The third-order valence-electron chi connectivity index (χ3n) is 8.98. The van der Waals surface area contributed by atoms with E-state index < -0.39 is 34.6 Å². The van der Waals surface area contributed by atoms with E-state index in [-0.39, 0.29) is 60.4 Å². The molecule has 5 aliphatic rings. The summed E-state index contributed by atoms with van der Waals surface area (Å²) in [6.07, 6.45) is 2.77. The highest BCUT2D eigenvalue weighted by Gasteiger charge is 2.57. The number of nitrogens with zero attached hydrogens (tertiary/aromatic N) is 4. The summed E-state index contributed by atoms with van der Waals surface area (Å²) in [4.78, 5) is 59.0. The highest BCUT2D eigenvalue weighted by atomic mass is 35.5. The van der Waals surface area contributed by atoms with Crippen LogP contribution in [0.2, 0.25) is 5.02 Å². The molecule has 2 saturated heterocycles. The summed E-state index contributed by atoms with van der Waals surface area (Å²) in [6, 6.07) is 4.15. The Kier molecular flexibility index (Phi) is 5.38. The lowest BCUT2D eigenvalue weighted by atomic mass is 9.83. The lowest BCUT2D eigenvalue weighted by Gasteiger charge is -2.46. The molecule has 2 bridgehead atoms. The van der Waals surface area contributed by atoms with Crippen LogP contribution in [0.1, 0.15) is 57.7 Å². The van der Waals surface area contributed by atoms with Gasteiger partial charge >= 0.3 is 0 Å². The number of hydrogen-bond acceptors (Lipinski definition) is 6. The summed E-state index contributed by atoms with van der Waals surface area (Å²) in [7, 11) is 0. The molecule has 10 nitrogen and oxygen atoms in total. The van der Waals surface area contributed by atoms with Gasteiger partial charge in [0.15, 0.2) is 5.75 Å². The van der Waals surface area contributed by atoms with Gasteiger partial charge in [0.1, 0.15) is 23.7 Å².